The molecule has 0 aliphatic heterocycles. The SMILES string of the molecule is Cc1ccnc([C@H]2C[C@@H]2c2ccc3cccc(N)c3n2)n1. The van der Waals surface area contributed by atoms with Crippen molar-refractivity contribution >= 4 is 16.6 Å². The second kappa shape index (κ2) is 4.52. The van der Waals surface area contributed by atoms with Crippen LogP contribution >= 0.6 is 0 Å². The van der Waals surface area contributed by atoms with Gasteiger partial charge in [0.1, 0.15) is 5.82 Å². The summed E-state index contributed by atoms with van der Waals surface area (Å²) in [6.07, 6.45) is 2.90. The summed E-state index contributed by atoms with van der Waals surface area (Å²) in [6.45, 7) is 2.00. The molecule has 0 unspecified atom stereocenters. The van der Waals surface area contributed by atoms with Crippen molar-refractivity contribution in [3.05, 3.63) is 59.8 Å². The average molecular weight is 276 g/mol. The first-order valence-corrected chi connectivity index (χ1v) is 7.17. The van der Waals surface area contributed by atoms with E-state index in [0.717, 1.165) is 40.2 Å². The summed E-state index contributed by atoms with van der Waals surface area (Å²) in [6, 6.07) is 12.0. The van der Waals surface area contributed by atoms with E-state index in [1.54, 1.807) is 0 Å². The molecule has 4 nitrogen and oxygen atoms in total. The van der Waals surface area contributed by atoms with Crippen molar-refractivity contribution in [3.8, 4) is 0 Å². The molecule has 0 amide bonds. The maximum atomic E-state index is 6.02. The lowest BCUT2D eigenvalue weighted by Gasteiger charge is -2.05. The number of hydrogen-bond donors (Lipinski definition) is 1. The minimum absolute atomic E-state index is 0.389. The zero-order valence-corrected chi connectivity index (χ0v) is 11.8. The van der Waals surface area contributed by atoms with Crippen molar-refractivity contribution in [1.82, 2.24) is 15.0 Å². The van der Waals surface area contributed by atoms with Gasteiger partial charge < -0.3 is 5.73 Å². The number of rotatable bonds is 2. The van der Waals surface area contributed by atoms with Gasteiger partial charge >= 0.3 is 0 Å². The van der Waals surface area contributed by atoms with Crippen LogP contribution in [0.2, 0.25) is 0 Å². The van der Waals surface area contributed by atoms with Gasteiger partial charge in [0.2, 0.25) is 0 Å². The number of anilines is 1. The Morgan fingerprint density at radius 2 is 1.95 bits per heavy atom. The monoisotopic (exact) mass is 276 g/mol. The topological polar surface area (TPSA) is 64.7 Å². The Balaban J connectivity index is 1.68. The molecule has 104 valence electrons. The van der Waals surface area contributed by atoms with Crippen molar-refractivity contribution in [1.29, 1.82) is 0 Å². The van der Waals surface area contributed by atoms with Gasteiger partial charge in [-0.3, -0.25) is 4.98 Å². The molecule has 0 bridgehead atoms. The summed E-state index contributed by atoms with van der Waals surface area (Å²) in [4.78, 5) is 13.7. The predicted octanol–water partition coefficient (Wildman–Crippen LogP) is 3.19. The Hall–Kier alpha value is -2.49. The highest BCUT2D eigenvalue weighted by Crippen LogP contribution is 2.53. The molecule has 1 saturated carbocycles. The summed E-state index contributed by atoms with van der Waals surface area (Å²) in [5.41, 5.74) is 9.76. The van der Waals surface area contributed by atoms with Gasteiger partial charge in [-0.25, -0.2) is 9.97 Å². The molecule has 4 rings (SSSR count). The summed E-state index contributed by atoms with van der Waals surface area (Å²) >= 11 is 0. The maximum absolute atomic E-state index is 6.02. The predicted molar refractivity (Wildman–Crippen MR) is 83.0 cm³/mol. The summed E-state index contributed by atoms with van der Waals surface area (Å²) in [5, 5.41) is 1.09. The molecule has 3 aromatic rings. The molecular weight excluding hydrogens is 260 g/mol. The maximum Gasteiger partial charge on any atom is 0.132 e. The molecule has 0 saturated heterocycles. The van der Waals surface area contributed by atoms with E-state index in [0.29, 0.717) is 11.8 Å². The van der Waals surface area contributed by atoms with Gasteiger partial charge in [-0.1, -0.05) is 18.2 Å². The molecule has 1 aromatic carbocycles. The highest BCUT2D eigenvalue weighted by atomic mass is 14.9. The number of pyridine rings is 1. The lowest BCUT2D eigenvalue weighted by molar-refractivity contribution is 0.867. The van der Waals surface area contributed by atoms with Crippen LogP contribution in [0.3, 0.4) is 0 Å². The van der Waals surface area contributed by atoms with E-state index in [4.69, 9.17) is 10.7 Å². The van der Waals surface area contributed by atoms with Crippen LogP contribution in [0.15, 0.2) is 42.6 Å². The number of aromatic nitrogens is 3. The molecule has 1 aliphatic rings. The van der Waals surface area contributed by atoms with Crippen LogP contribution in [0, 0.1) is 6.92 Å². The molecule has 21 heavy (non-hydrogen) atoms. The molecule has 2 heterocycles. The highest BCUT2D eigenvalue weighted by molar-refractivity contribution is 5.89. The van der Waals surface area contributed by atoms with Gasteiger partial charge in [-0.05, 0) is 31.5 Å². The molecule has 4 heteroatoms. The normalized spacial score (nSPS) is 20.6. The minimum atomic E-state index is 0.389. The van der Waals surface area contributed by atoms with Gasteiger partial charge in [0.05, 0.1) is 11.2 Å². The van der Waals surface area contributed by atoms with Gasteiger partial charge in [-0.15, -0.1) is 0 Å². The standard InChI is InChI=1S/C17H16N4/c1-10-7-8-19-17(20-10)13-9-12(13)15-6-5-11-3-2-4-14(18)16(11)21-15/h2-8,12-13H,9,18H2,1H3/t12-,13-/m0/s1. The second-order valence-electron chi connectivity index (χ2n) is 5.66. The van der Waals surface area contributed by atoms with Crippen LogP contribution in [-0.4, -0.2) is 15.0 Å². The van der Waals surface area contributed by atoms with Gasteiger partial charge in [0.15, 0.2) is 0 Å². The largest absolute Gasteiger partial charge is 0.397 e. The number of nitrogen functional groups attached to an aromatic ring is 1. The fourth-order valence-electron chi connectivity index (χ4n) is 2.85. The Morgan fingerprint density at radius 3 is 2.81 bits per heavy atom. The van der Waals surface area contributed by atoms with Crippen LogP contribution in [0.1, 0.15) is 35.5 Å². The number of para-hydroxylation sites is 1. The van der Waals surface area contributed by atoms with Crippen LogP contribution in [0.25, 0.3) is 10.9 Å². The van der Waals surface area contributed by atoms with E-state index in [1.807, 2.05) is 37.4 Å². The van der Waals surface area contributed by atoms with E-state index < -0.39 is 0 Å². The zero-order chi connectivity index (χ0) is 14.4. The number of nitrogens with two attached hydrogens (primary N) is 1. The second-order valence-corrected chi connectivity index (χ2v) is 5.66. The molecule has 2 aromatic heterocycles. The fraction of sp³-hybridized carbons (Fsp3) is 0.235. The van der Waals surface area contributed by atoms with Crippen molar-refractivity contribution in [3.63, 3.8) is 0 Å². The average Bonchev–Trinajstić information content (AvgIpc) is 3.28. The van der Waals surface area contributed by atoms with Crippen LogP contribution in [0.5, 0.6) is 0 Å². The Labute approximate surface area is 123 Å². The fourth-order valence-corrected chi connectivity index (χ4v) is 2.85. The number of fused-ring (bicyclic) bond motifs is 1. The van der Waals surface area contributed by atoms with Crippen LogP contribution < -0.4 is 5.73 Å². The Bertz CT molecular complexity index is 828. The first-order valence-electron chi connectivity index (χ1n) is 7.17. The molecule has 2 N–H and O–H groups in total. The van der Waals surface area contributed by atoms with Crippen LogP contribution in [0.4, 0.5) is 5.69 Å². The number of hydrogen-bond acceptors (Lipinski definition) is 4. The third-order valence-electron chi connectivity index (χ3n) is 4.09. The molecule has 1 aliphatic carbocycles. The van der Waals surface area contributed by atoms with Gasteiger partial charge in [0.25, 0.3) is 0 Å². The lowest BCUT2D eigenvalue weighted by atomic mass is 10.1. The molecule has 1 fully saturated rings. The van der Waals surface area contributed by atoms with E-state index in [1.165, 1.54) is 0 Å². The third-order valence-corrected chi connectivity index (χ3v) is 4.09. The number of benzene rings is 1. The Kier molecular flexibility index (Phi) is 2.64. The lowest BCUT2D eigenvalue weighted by Crippen LogP contribution is -1.97. The molecule has 2 atom stereocenters. The van der Waals surface area contributed by atoms with Gasteiger partial charge in [-0.2, -0.15) is 0 Å². The van der Waals surface area contributed by atoms with E-state index in [2.05, 4.69) is 22.1 Å². The van der Waals surface area contributed by atoms with Crippen molar-refractivity contribution in [2.45, 2.75) is 25.2 Å². The van der Waals surface area contributed by atoms with Crippen molar-refractivity contribution in [2.75, 3.05) is 5.73 Å². The summed E-state index contributed by atoms with van der Waals surface area (Å²) in [7, 11) is 0. The quantitative estimate of drug-likeness (QED) is 0.730. The Morgan fingerprint density at radius 1 is 1.05 bits per heavy atom. The number of aryl methyl sites for hydroxylation is 1. The third kappa shape index (κ3) is 2.13. The highest BCUT2D eigenvalue weighted by Gasteiger charge is 2.42. The van der Waals surface area contributed by atoms with Crippen molar-refractivity contribution < 1.29 is 0 Å². The smallest absolute Gasteiger partial charge is 0.132 e. The first kappa shape index (κ1) is 12.3. The summed E-state index contributed by atoms with van der Waals surface area (Å²) in [5.74, 6) is 1.73. The van der Waals surface area contributed by atoms with E-state index in [9.17, 15) is 0 Å². The van der Waals surface area contributed by atoms with E-state index >= 15 is 0 Å². The van der Waals surface area contributed by atoms with Crippen LogP contribution in [-0.2, 0) is 0 Å². The molecule has 0 spiro atoms. The molecular formula is C17H16N4. The molecule has 0 radical (unpaired) electrons. The minimum Gasteiger partial charge on any atom is -0.397 e. The zero-order valence-electron chi connectivity index (χ0n) is 11.8. The van der Waals surface area contributed by atoms with Crippen molar-refractivity contribution in [2.24, 2.45) is 0 Å². The number of nitrogens with zero attached hydrogens (tertiary/aromatic N) is 3. The van der Waals surface area contributed by atoms with E-state index in [-0.39, 0.29) is 0 Å². The first-order chi connectivity index (χ1) is 10.2. The summed E-state index contributed by atoms with van der Waals surface area (Å²) < 4.78 is 0. The van der Waals surface area contributed by atoms with Gasteiger partial charge in [0, 0.05) is 34.8 Å².